The predicted octanol–water partition coefficient (Wildman–Crippen LogP) is -5.00. The van der Waals surface area contributed by atoms with E-state index in [4.69, 9.17) is 0 Å². The first kappa shape index (κ1) is 32.8. The smallest absolute Gasteiger partial charge is 0.835 e. The van der Waals surface area contributed by atoms with Crippen LogP contribution in [-0.2, 0) is 0 Å². The SMILES string of the molecule is [K+].[K+].[O-]C(CN1[C]N(CC([O-])(C(F)(F)F)C(F)(F)F)N=C1)(C(F)(F)F)C(F)(F)F. The van der Waals surface area contributed by atoms with Crippen molar-refractivity contribution in [2.45, 2.75) is 35.9 Å². The fourth-order valence-corrected chi connectivity index (χ4v) is 1.61. The van der Waals surface area contributed by atoms with Gasteiger partial charge in [-0.1, -0.05) is 0 Å². The molecule has 29 heavy (non-hydrogen) atoms. The molecule has 2 radical (unpaired) electrons. The third-order valence-electron chi connectivity index (χ3n) is 3.17. The van der Waals surface area contributed by atoms with E-state index in [9.17, 15) is 62.9 Å². The van der Waals surface area contributed by atoms with Crippen LogP contribution < -0.4 is 113 Å². The Hall–Kier alpha value is 1.62. The van der Waals surface area contributed by atoms with Crippen LogP contribution in [0.1, 0.15) is 0 Å². The summed E-state index contributed by atoms with van der Waals surface area (Å²) in [6.07, 6.45) is -25.8. The summed E-state index contributed by atoms with van der Waals surface area (Å²) in [7, 11) is 0. The maximum atomic E-state index is 12.4. The second-order valence-electron chi connectivity index (χ2n) is 5.16. The van der Waals surface area contributed by atoms with Crippen molar-refractivity contribution >= 4 is 6.34 Å². The number of rotatable bonds is 4. The zero-order valence-electron chi connectivity index (χ0n) is 14.2. The molecule has 19 heteroatoms. The number of hydrazone groups is 1. The normalized spacial score (nSPS) is 16.6. The van der Waals surface area contributed by atoms with Crippen LogP contribution in [-0.4, -0.2) is 65.2 Å². The molecule has 0 fully saturated rings. The molecule has 0 amide bonds. The zero-order valence-corrected chi connectivity index (χ0v) is 20.4. The van der Waals surface area contributed by atoms with Crippen LogP contribution in [0.4, 0.5) is 52.7 Å². The predicted molar refractivity (Wildman–Crippen MR) is 54.8 cm³/mol. The molecule has 0 spiro atoms. The van der Waals surface area contributed by atoms with E-state index in [0.29, 0.717) is 0 Å². The van der Waals surface area contributed by atoms with Gasteiger partial charge in [-0.3, -0.25) is 5.01 Å². The molecule has 0 bridgehead atoms. The second-order valence-corrected chi connectivity index (χ2v) is 5.16. The monoisotopic (exact) mass is 505 g/mol. The molecule has 0 aromatic rings. The fraction of sp³-hybridized carbons (Fsp3) is 0.800. The Morgan fingerprint density at radius 1 is 0.655 bits per heavy atom. The van der Waals surface area contributed by atoms with E-state index in [0.717, 1.165) is 6.67 Å². The summed E-state index contributed by atoms with van der Waals surface area (Å²) in [5.41, 5.74) is -11.3. The van der Waals surface area contributed by atoms with Crippen molar-refractivity contribution in [2.75, 3.05) is 13.1 Å². The summed E-state index contributed by atoms with van der Waals surface area (Å²) in [4.78, 5) is -0.457. The standard InChI is InChI=1S/C10H5F12N3O2.2K/c11-7(12,13)5(26,8(14,15)16)1-24-3-23-25(4-24)2-6(27,9(17,18)19)10(20,21)22;;/h3H,1-2H2;;/q-2;2*+1. The largest absolute Gasteiger partial charge is 1.00 e. The van der Waals surface area contributed by atoms with Crippen LogP contribution in [0.3, 0.4) is 0 Å². The minimum atomic E-state index is -6.43. The van der Waals surface area contributed by atoms with E-state index in [1.165, 1.54) is 0 Å². The average Bonchev–Trinajstić information content (AvgIpc) is 2.80. The quantitative estimate of drug-likeness (QED) is 0.284. The zero-order chi connectivity index (χ0) is 21.7. The van der Waals surface area contributed by atoms with Crippen molar-refractivity contribution in [2.24, 2.45) is 5.10 Å². The van der Waals surface area contributed by atoms with Crippen molar-refractivity contribution < 1.29 is 166 Å². The first-order valence-electron chi connectivity index (χ1n) is 6.18. The molecule has 158 valence electrons. The van der Waals surface area contributed by atoms with Crippen LogP contribution in [0, 0.1) is 6.67 Å². The Bertz CT molecular complexity index is 498. The minimum absolute atomic E-state index is 0. The Balaban J connectivity index is 0. The van der Waals surface area contributed by atoms with Gasteiger partial charge in [0.15, 0.2) is 0 Å². The van der Waals surface area contributed by atoms with Gasteiger partial charge in [0.1, 0.15) is 17.5 Å². The van der Waals surface area contributed by atoms with Gasteiger partial charge < -0.3 is 15.1 Å². The first-order valence-corrected chi connectivity index (χ1v) is 6.18. The summed E-state index contributed by atoms with van der Waals surface area (Å²) < 4.78 is 149. The van der Waals surface area contributed by atoms with Crippen LogP contribution in [0.25, 0.3) is 0 Å². The average molecular weight is 505 g/mol. The molecule has 1 aliphatic heterocycles. The number of alkyl halides is 12. The molecule has 0 saturated carbocycles. The second kappa shape index (κ2) is 10.3. The van der Waals surface area contributed by atoms with Crippen molar-refractivity contribution in [1.29, 1.82) is 0 Å². The molecule has 1 aliphatic rings. The van der Waals surface area contributed by atoms with Gasteiger partial charge in [-0.15, -0.1) is 0 Å². The molecular formula is C10H5F12K2N3O2. The van der Waals surface area contributed by atoms with Gasteiger partial charge in [0.25, 0.3) is 0 Å². The van der Waals surface area contributed by atoms with Gasteiger partial charge >= 0.3 is 127 Å². The number of nitrogens with zero attached hydrogens (tertiary/aromatic N) is 3. The Kier molecular flexibility index (Phi) is 11.6. The number of hydrogen-bond acceptors (Lipinski definition) is 5. The van der Waals surface area contributed by atoms with Gasteiger partial charge in [0.2, 0.25) is 6.67 Å². The van der Waals surface area contributed by atoms with E-state index < -0.39 is 58.9 Å². The van der Waals surface area contributed by atoms with E-state index >= 15 is 0 Å². The molecule has 0 unspecified atom stereocenters. The van der Waals surface area contributed by atoms with Gasteiger partial charge in [0.05, 0.1) is 0 Å². The molecule has 0 saturated heterocycles. The molecule has 1 heterocycles. The summed E-state index contributed by atoms with van der Waals surface area (Å²) >= 11 is 0. The summed E-state index contributed by atoms with van der Waals surface area (Å²) in [5, 5.41) is 24.4. The fourth-order valence-electron chi connectivity index (χ4n) is 1.61. The van der Waals surface area contributed by atoms with E-state index in [1.54, 1.807) is 0 Å². The molecule has 0 aromatic heterocycles. The van der Waals surface area contributed by atoms with Gasteiger partial charge in [0, 0.05) is 13.1 Å². The molecule has 0 N–H and O–H groups in total. The Labute approximate surface area is 239 Å². The van der Waals surface area contributed by atoms with E-state index in [1.807, 2.05) is 0 Å². The van der Waals surface area contributed by atoms with Crippen molar-refractivity contribution in [3.63, 3.8) is 0 Å². The van der Waals surface area contributed by atoms with Crippen LogP contribution in [0.15, 0.2) is 5.10 Å². The molecule has 5 nitrogen and oxygen atoms in total. The number of hydrogen-bond donors (Lipinski definition) is 0. The third kappa shape index (κ3) is 7.05. The number of halogens is 12. The van der Waals surface area contributed by atoms with E-state index in [-0.39, 0.29) is 109 Å². The van der Waals surface area contributed by atoms with Gasteiger partial charge in [-0.05, 0) is 0 Å². The molecule has 0 aliphatic carbocycles. The molecule has 0 aromatic carbocycles. The minimum Gasteiger partial charge on any atom is -0.835 e. The topological polar surface area (TPSA) is 65.0 Å². The maximum absolute atomic E-state index is 12.4. The Morgan fingerprint density at radius 2 is 0.966 bits per heavy atom. The van der Waals surface area contributed by atoms with Crippen molar-refractivity contribution in [1.82, 2.24) is 9.91 Å². The summed E-state index contributed by atoms with van der Waals surface area (Å²) in [6, 6.07) is 0. The molecule has 1 rings (SSSR count). The Morgan fingerprint density at radius 3 is 1.28 bits per heavy atom. The first-order chi connectivity index (χ1) is 11.7. The van der Waals surface area contributed by atoms with Gasteiger partial charge in [-0.25, -0.2) is 0 Å². The molecule has 0 atom stereocenters. The summed E-state index contributed by atoms with van der Waals surface area (Å²) in [5.74, 6) is 0. The third-order valence-corrected chi connectivity index (χ3v) is 3.17. The van der Waals surface area contributed by atoms with Crippen molar-refractivity contribution in [3.8, 4) is 0 Å². The summed E-state index contributed by atoms with van der Waals surface area (Å²) in [6.45, 7) is -4.02. The van der Waals surface area contributed by atoms with Crippen LogP contribution in [0.2, 0.25) is 0 Å². The van der Waals surface area contributed by atoms with Crippen LogP contribution >= 0.6 is 0 Å². The van der Waals surface area contributed by atoms with Crippen LogP contribution in [0.5, 0.6) is 0 Å². The molecular weight excluding hydrogens is 500 g/mol. The van der Waals surface area contributed by atoms with Crippen molar-refractivity contribution in [3.05, 3.63) is 6.67 Å². The maximum Gasteiger partial charge on any atom is 1.00 e. The van der Waals surface area contributed by atoms with E-state index in [2.05, 4.69) is 5.10 Å². The van der Waals surface area contributed by atoms with Gasteiger partial charge in [-0.2, -0.15) is 57.8 Å².